The number of alkyl halides is 1. The number of rotatable bonds is 5. The molecule has 0 radical (unpaired) electrons. The van der Waals surface area contributed by atoms with Crippen LogP contribution in [0.5, 0.6) is 0 Å². The normalized spacial score (nSPS) is 15.2. The molecule has 5 nitrogen and oxygen atoms in total. The van der Waals surface area contributed by atoms with Gasteiger partial charge in [0, 0.05) is 11.3 Å². The van der Waals surface area contributed by atoms with Crippen molar-refractivity contribution in [2.24, 2.45) is 0 Å². The van der Waals surface area contributed by atoms with Crippen molar-refractivity contribution in [2.45, 2.75) is 38.4 Å². The summed E-state index contributed by atoms with van der Waals surface area (Å²) in [6.07, 6.45) is 2.15. The first-order valence-electron chi connectivity index (χ1n) is 9.83. The molecule has 0 bridgehead atoms. The van der Waals surface area contributed by atoms with Crippen LogP contribution in [0.2, 0.25) is 0 Å². The van der Waals surface area contributed by atoms with Crippen LogP contribution in [-0.4, -0.2) is 19.9 Å². The summed E-state index contributed by atoms with van der Waals surface area (Å²) in [5.74, 6) is 0.850. The molecule has 2 aromatic carbocycles. The molecule has 4 aromatic rings. The standard InChI is InChI=1S/C23H21FN4O/c1-16-14-20(26-28(16)15-17-6-3-2-4-7-17)22-25-21(27-29-22)18-8-10-19(11-9-18)23(24)12-5-13-23/h2-4,6-11,14H,5,12-13,15H2,1H3. The third-order valence-corrected chi connectivity index (χ3v) is 5.61. The van der Waals surface area contributed by atoms with Crippen LogP contribution in [0.25, 0.3) is 23.0 Å². The van der Waals surface area contributed by atoms with Gasteiger partial charge in [0.2, 0.25) is 5.82 Å². The highest BCUT2D eigenvalue weighted by atomic mass is 19.1. The molecule has 29 heavy (non-hydrogen) atoms. The number of nitrogens with zero attached hydrogens (tertiary/aromatic N) is 4. The van der Waals surface area contributed by atoms with Crippen LogP contribution in [0, 0.1) is 6.92 Å². The van der Waals surface area contributed by atoms with E-state index in [0.717, 1.165) is 23.2 Å². The third-order valence-electron chi connectivity index (χ3n) is 5.61. The lowest BCUT2D eigenvalue weighted by molar-refractivity contribution is 0.0609. The van der Waals surface area contributed by atoms with E-state index in [1.165, 1.54) is 5.56 Å². The number of hydrogen-bond acceptors (Lipinski definition) is 4. The summed E-state index contributed by atoms with van der Waals surface area (Å²) in [7, 11) is 0. The summed E-state index contributed by atoms with van der Waals surface area (Å²) in [6.45, 7) is 2.68. The molecular formula is C23H21FN4O. The van der Waals surface area contributed by atoms with Gasteiger partial charge in [-0.1, -0.05) is 59.8 Å². The first-order chi connectivity index (χ1) is 14.1. The molecule has 6 heteroatoms. The zero-order valence-corrected chi connectivity index (χ0v) is 16.2. The van der Waals surface area contributed by atoms with E-state index < -0.39 is 5.67 Å². The molecule has 2 heterocycles. The van der Waals surface area contributed by atoms with Crippen molar-refractivity contribution < 1.29 is 8.91 Å². The first kappa shape index (κ1) is 17.8. The number of halogens is 1. The van der Waals surface area contributed by atoms with Gasteiger partial charge in [-0.05, 0) is 43.4 Å². The van der Waals surface area contributed by atoms with Crippen LogP contribution in [0.1, 0.15) is 36.1 Å². The summed E-state index contributed by atoms with van der Waals surface area (Å²) >= 11 is 0. The number of aryl methyl sites for hydroxylation is 1. The zero-order valence-electron chi connectivity index (χ0n) is 16.2. The summed E-state index contributed by atoms with van der Waals surface area (Å²) in [5, 5.41) is 8.70. The van der Waals surface area contributed by atoms with E-state index in [0.29, 0.717) is 36.8 Å². The van der Waals surface area contributed by atoms with E-state index in [1.807, 2.05) is 60.1 Å². The first-order valence-corrected chi connectivity index (χ1v) is 9.83. The second-order valence-electron chi connectivity index (χ2n) is 7.63. The smallest absolute Gasteiger partial charge is 0.278 e. The quantitative estimate of drug-likeness (QED) is 0.465. The average Bonchev–Trinajstić information content (AvgIpc) is 3.35. The summed E-state index contributed by atoms with van der Waals surface area (Å²) < 4.78 is 21.9. The van der Waals surface area contributed by atoms with Gasteiger partial charge in [0.05, 0.1) is 6.54 Å². The Kier molecular flexibility index (Phi) is 4.27. The highest BCUT2D eigenvalue weighted by molar-refractivity contribution is 5.58. The molecule has 1 aliphatic carbocycles. The molecule has 0 aliphatic heterocycles. The van der Waals surface area contributed by atoms with E-state index in [2.05, 4.69) is 27.4 Å². The lowest BCUT2D eigenvalue weighted by atomic mass is 9.77. The molecule has 0 amide bonds. The monoisotopic (exact) mass is 388 g/mol. The SMILES string of the molecule is Cc1cc(-c2nc(-c3ccc(C4(F)CCC4)cc3)no2)nn1Cc1ccccc1. The average molecular weight is 388 g/mol. The Bertz CT molecular complexity index is 1130. The van der Waals surface area contributed by atoms with E-state index in [4.69, 9.17) is 4.52 Å². The molecule has 5 rings (SSSR count). The minimum atomic E-state index is -1.16. The molecule has 0 spiro atoms. The van der Waals surface area contributed by atoms with Gasteiger partial charge in [-0.25, -0.2) is 4.39 Å². The van der Waals surface area contributed by atoms with Crippen molar-refractivity contribution in [2.75, 3.05) is 0 Å². The summed E-state index contributed by atoms with van der Waals surface area (Å²) in [5.41, 5.74) is 3.20. The van der Waals surface area contributed by atoms with Crippen molar-refractivity contribution in [3.05, 3.63) is 77.5 Å². The zero-order chi connectivity index (χ0) is 19.8. The van der Waals surface area contributed by atoms with Gasteiger partial charge in [0.25, 0.3) is 5.89 Å². The maximum Gasteiger partial charge on any atom is 0.278 e. The van der Waals surface area contributed by atoms with Crippen molar-refractivity contribution >= 4 is 0 Å². The Hall–Kier alpha value is -3.28. The minimum absolute atomic E-state index is 0.375. The van der Waals surface area contributed by atoms with Gasteiger partial charge in [0.1, 0.15) is 5.67 Å². The largest absolute Gasteiger partial charge is 0.332 e. The molecule has 146 valence electrons. The molecule has 0 unspecified atom stereocenters. The Morgan fingerprint density at radius 2 is 1.83 bits per heavy atom. The lowest BCUT2D eigenvalue weighted by Crippen LogP contribution is -2.28. The predicted octanol–water partition coefficient (Wildman–Crippen LogP) is 5.31. The molecular weight excluding hydrogens is 367 g/mol. The number of hydrogen-bond donors (Lipinski definition) is 0. The van der Waals surface area contributed by atoms with E-state index in [1.54, 1.807) is 0 Å². The highest BCUT2D eigenvalue weighted by Crippen LogP contribution is 2.45. The summed E-state index contributed by atoms with van der Waals surface area (Å²) in [4.78, 5) is 4.49. The topological polar surface area (TPSA) is 56.7 Å². The molecule has 0 saturated heterocycles. The highest BCUT2D eigenvalue weighted by Gasteiger charge is 2.38. The molecule has 0 atom stereocenters. The Morgan fingerprint density at radius 1 is 1.07 bits per heavy atom. The molecule has 1 aliphatic rings. The van der Waals surface area contributed by atoms with Gasteiger partial charge in [0.15, 0.2) is 5.69 Å². The van der Waals surface area contributed by atoms with Crippen LogP contribution in [0.15, 0.2) is 65.2 Å². The summed E-state index contributed by atoms with van der Waals surface area (Å²) in [6, 6.07) is 19.4. The van der Waals surface area contributed by atoms with E-state index in [-0.39, 0.29) is 0 Å². The molecule has 1 fully saturated rings. The molecule has 0 N–H and O–H groups in total. The Balaban J connectivity index is 1.37. The minimum Gasteiger partial charge on any atom is -0.332 e. The van der Waals surface area contributed by atoms with Crippen LogP contribution < -0.4 is 0 Å². The molecule has 1 saturated carbocycles. The maximum atomic E-state index is 14.5. The number of benzene rings is 2. The van der Waals surface area contributed by atoms with Crippen molar-refractivity contribution in [3.8, 4) is 23.0 Å². The Morgan fingerprint density at radius 3 is 2.52 bits per heavy atom. The van der Waals surface area contributed by atoms with Gasteiger partial charge in [-0.3, -0.25) is 4.68 Å². The van der Waals surface area contributed by atoms with Crippen molar-refractivity contribution in [1.29, 1.82) is 0 Å². The van der Waals surface area contributed by atoms with E-state index >= 15 is 0 Å². The van der Waals surface area contributed by atoms with Crippen LogP contribution in [-0.2, 0) is 12.2 Å². The van der Waals surface area contributed by atoms with Crippen LogP contribution in [0.4, 0.5) is 4.39 Å². The fourth-order valence-corrected chi connectivity index (χ4v) is 3.67. The Labute approximate surface area is 168 Å². The van der Waals surface area contributed by atoms with Crippen LogP contribution in [0.3, 0.4) is 0 Å². The van der Waals surface area contributed by atoms with Gasteiger partial charge in [-0.2, -0.15) is 10.1 Å². The maximum absolute atomic E-state index is 14.5. The van der Waals surface area contributed by atoms with Gasteiger partial charge in [-0.15, -0.1) is 0 Å². The van der Waals surface area contributed by atoms with Crippen LogP contribution >= 0.6 is 0 Å². The van der Waals surface area contributed by atoms with E-state index in [9.17, 15) is 4.39 Å². The van der Waals surface area contributed by atoms with Crippen molar-refractivity contribution in [3.63, 3.8) is 0 Å². The van der Waals surface area contributed by atoms with Crippen molar-refractivity contribution in [1.82, 2.24) is 19.9 Å². The second kappa shape index (κ2) is 6.95. The third kappa shape index (κ3) is 3.35. The van der Waals surface area contributed by atoms with Gasteiger partial charge >= 0.3 is 0 Å². The fourth-order valence-electron chi connectivity index (χ4n) is 3.67. The lowest BCUT2D eigenvalue weighted by Gasteiger charge is -2.34. The predicted molar refractivity (Wildman–Crippen MR) is 108 cm³/mol. The van der Waals surface area contributed by atoms with Gasteiger partial charge < -0.3 is 4.52 Å². The second-order valence-corrected chi connectivity index (χ2v) is 7.63. The molecule has 2 aromatic heterocycles. The fraction of sp³-hybridized carbons (Fsp3) is 0.261. The number of aromatic nitrogens is 4.